The molecule has 2 heterocycles. The molecule has 0 aliphatic rings. The Labute approximate surface area is 311 Å². The van der Waals surface area contributed by atoms with Crippen molar-refractivity contribution < 1.29 is 14.3 Å². The Morgan fingerprint density at radius 3 is 1.89 bits per heavy atom. The van der Waals surface area contributed by atoms with E-state index in [9.17, 15) is 5.48 Å². The molecule has 0 N–H and O–H groups in total. The van der Waals surface area contributed by atoms with Gasteiger partial charge in [-0.15, -0.1) is 0 Å². The Bertz CT molecular complexity index is 3390. The molecular formula is C50H31NO2. The Balaban J connectivity index is 1.14. The van der Waals surface area contributed by atoms with E-state index in [2.05, 4.69) is 60.7 Å². The Morgan fingerprint density at radius 1 is 0.396 bits per heavy atom. The first-order valence-corrected chi connectivity index (χ1v) is 17.7. The third-order valence-electron chi connectivity index (χ3n) is 10.3. The minimum Gasteiger partial charge on any atom is -0.456 e. The lowest BCUT2D eigenvalue weighted by Crippen LogP contribution is -2.10. The number of benzene rings is 9. The molecule has 0 amide bonds. The first-order chi connectivity index (χ1) is 27.9. The van der Waals surface area contributed by atoms with E-state index in [0.717, 1.165) is 65.4 Å². The van der Waals surface area contributed by atoms with Crippen molar-refractivity contribution in [2.75, 3.05) is 4.90 Å². The summed E-state index contributed by atoms with van der Waals surface area (Å²) < 4.78 is 50.9. The van der Waals surface area contributed by atoms with E-state index >= 15 is 0 Å². The number of fused-ring (bicyclic) bond motifs is 9. The van der Waals surface area contributed by atoms with Crippen molar-refractivity contribution in [1.29, 1.82) is 0 Å². The van der Waals surface area contributed by atoms with Gasteiger partial charge in [0.25, 0.3) is 0 Å². The summed E-state index contributed by atoms with van der Waals surface area (Å²) in [6.07, 6.45) is 0. The fraction of sp³-hybridized carbons (Fsp3) is 0. The van der Waals surface area contributed by atoms with Crippen molar-refractivity contribution in [2.24, 2.45) is 0 Å². The first-order valence-electron chi connectivity index (χ1n) is 19.7. The van der Waals surface area contributed by atoms with Crippen molar-refractivity contribution in [3.8, 4) is 22.3 Å². The maximum Gasteiger partial charge on any atom is 0.143 e. The zero-order chi connectivity index (χ0) is 38.4. The lowest BCUT2D eigenvalue weighted by molar-refractivity contribution is 0.669. The lowest BCUT2D eigenvalue weighted by Gasteiger charge is -2.26. The van der Waals surface area contributed by atoms with Crippen LogP contribution in [-0.2, 0) is 0 Å². The molecule has 0 aliphatic heterocycles. The summed E-state index contributed by atoms with van der Waals surface area (Å²) >= 11 is 0. The number of rotatable bonds is 5. The van der Waals surface area contributed by atoms with Crippen LogP contribution >= 0.6 is 0 Å². The fourth-order valence-corrected chi connectivity index (χ4v) is 7.82. The van der Waals surface area contributed by atoms with Gasteiger partial charge in [-0.25, -0.2) is 0 Å². The summed E-state index contributed by atoms with van der Waals surface area (Å²) in [4.78, 5) is 1.85. The minimum absolute atomic E-state index is 0.138. The molecule has 11 rings (SSSR count). The topological polar surface area (TPSA) is 29.5 Å². The summed E-state index contributed by atoms with van der Waals surface area (Å²) in [6, 6.07) is 53.5. The van der Waals surface area contributed by atoms with Crippen molar-refractivity contribution in [3.05, 3.63) is 188 Å². The number of para-hydroxylation sites is 1. The molecular weight excluding hydrogens is 647 g/mol. The zero-order valence-electron chi connectivity index (χ0n) is 32.4. The van der Waals surface area contributed by atoms with Gasteiger partial charge in [0.15, 0.2) is 0 Å². The smallest absolute Gasteiger partial charge is 0.143 e. The van der Waals surface area contributed by atoms with Crippen molar-refractivity contribution in [2.45, 2.75) is 0 Å². The molecule has 3 nitrogen and oxygen atoms in total. The summed E-state index contributed by atoms with van der Waals surface area (Å²) in [5.74, 6) is 0. The summed E-state index contributed by atoms with van der Waals surface area (Å²) in [5, 5.41) is 7.94. The highest BCUT2D eigenvalue weighted by Crippen LogP contribution is 2.45. The second kappa shape index (κ2) is 11.7. The van der Waals surface area contributed by atoms with Gasteiger partial charge in [-0.3, -0.25) is 0 Å². The third-order valence-corrected chi connectivity index (χ3v) is 10.3. The predicted octanol–water partition coefficient (Wildman–Crippen LogP) is 14.6. The average Bonchev–Trinajstić information content (AvgIpc) is 3.83. The van der Waals surface area contributed by atoms with E-state index in [1.54, 1.807) is 0 Å². The molecule has 248 valence electrons. The molecule has 3 heteroatoms. The van der Waals surface area contributed by atoms with E-state index in [1.165, 1.54) is 0 Å². The lowest BCUT2D eigenvalue weighted by atomic mass is 9.98. The fourth-order valence-electron chi connectivity index (χ4n) is 7.82. The highest BCUT2D eigenvalue weighted by atomic mass is 16.3. The van der Waals surface area contributed by atoms with Crippen LogP contribution in [0, 0.1) is 0 Å². The summed E-state index contributed by atoms with van der Waals surface area (Å²) in [5.41, 5.74) is 7.13. The highest BCUT2D eigenvalue weighted by Gasteiger charge is 2.21. The molecule has 11 aromatic rings. The molecule has 0 bridgehead atoms. The maximum absolute atomic E-state index is 9.63. The maximum atomic E-state index is 9.63. The number of anilines is 3. The van der Waals surface area contributed by atoms with Gasteiger partial charge in [-0.05, 0) is 99.0 Å². The second-order valence-corrected chi connectivity index (χ2v) is 13.4. The van der Waals surface area contributed by atoms with Crippen LogP contribution in [0.3, 0.4) is 0 Å². The van der Waals surface area contributed by atoms with Gasteiger partial charge in [-0.2, -0.15) is 0 Å². The Kier molecular flexibility index (Phi) is 5.71. The molecule has 0 aliphatic carbocycles. The van der Waals surface area contributed by atoms with Crippen LogP contribution in [-0.4, -0.2) is 0 Å². The monoisotopic (exact) mass is 681 g/mol. The van der Waals surface area contributed by atoms with Gasteiger partial charge in [0, 0.05) is 32.9 Å². The molecule has 0 saturated heterocycles. The first kappa shape index (κ1) is 25.8. The van der Waals surface area contributed by atoms with Crippen LogP contribution in [0.25, 0.3) is 87.7 Å². The van der Waals surface area contributed by atoms with E-state index in [-0.39, 0.29) is 35.4 Å². The van der Waals surface area contributed by atoms with Gasteiger partial charge in [0.1, 0.15) is 22.3 Å². The van der Waals surface area contributed by atoms with Crippen molar-refractivity contribution >= 4 is 82.5 Å². The van der Waals surface area contributed by atoms with Crippen LogP contribution in [0.5, 0.6) is 0 Å². The Morgan fingerprint density at radius 2 is 1.04 bits per heavy atom. The predicted molar refractivity (Wildman–Crippen MR) is 222 cm³/mol. The second-order valence-electron chi connectivity index (χ2n) is 13.4. The van der Waals surface area contributed by atoms with E-state index in [4.69, 9.17) is 8.83 Å². The summed E-state index contributed by atoms with van der Waals surface area (Å²) in [7, 11) is 0. The molecule has 0 unspecified atom stereocenters. The van der Waals surface area contributed by atoms with Gasteiger partial charge in [0.2, 0.25) is 0 Å². The van der Waals surface area contributed by atoms with Crippen LogP contribution in [0.2, 0.25) is 0 Å². The Hall–Kier alpha value is -7.10. The molecule has 0 radical (unpaired) electrons. The molecule has 0 saturated carbocycles. The standard InChI is InChI=1S/C50H31NO2/c1-3-12-39-33(9-1)11-7-15-40(39)35-21-27-38(28-22-35)51(45-16-8-18-47-49(45)44-30-23-34-10-2-4-13-41(34)50(44)53-47)37-25-19-32(20-26-37)36-24-29-43-42-14-5-6-17-46(42)52-48(43)31-36/h1-31H/i19D,20D,25D,26D. The molecule has 53 heavy (non-hydrogen) atoms. The summed E-state index contributed by atoms with van der Waals surface area (Å²) in [6.45, 7) is 0. The van der Waals surface area contributed by atoms with Gasteiger partial charge >= 0.3 is 0 Å². The van der Waals surface area contributed by atoms with Gasteiger partial charge in [0.05, 0.1) is 16.6 Å². The third kappa shape index (κ3) is 4.75. The number of hydrogen-bond acceptors (Lipinski definition) is 3. The molecule has 0 atom stereocenters. The number of nitrogens with zero attached hydrogens (tertiary/aromatic N) is 1. The van der Waals surface area contributed by atoms with Crippen LogP contribution in [0.15, 0.2) is 197 Å². The molecule has 9 aromatic carbocycles. The van der Waals surface area contributed by atoms with Gasteiger partial charge < -0.3 is 13.7 Å². The number of hydrogen-bond donors (Lipinski definition) is 0. The minimum atomic E-state index is -0.163. The molecule has 2 aromatic heterocycles. The zero-order valence-corrected chi connectivity index (χ0v) is 28.4. The van der Waals surface area contributed by atoms with Gasteiger partial charge in [-0.1, -0.05) is 127 Å². The largest absolute Gasteiger partial charge is 0.456 e. The normalized spacial score (nSPS) is 12.8. The SMILES string of the molecule is [2H]c1c([2H])c(N(c2ccc(-c3cccc4ccccc34)cc2)c2cccc3oc4c5ccccc5ccc4c23)c([2H])c([2H])c1-c1ccc2c(c1)oc1ccccc12. The van der Waals surface area contributed by atoms with E-state index in [1.807, 2.05) is 108 Å². The van der Waals surface area contributed by atoms with E-state index in [0.29, 0.717) is 28.1 Å². The number of furan rings is 2. The van der Waals surface area contributed by atoms with E-state index < -0.39 is 0 Å². The molecule has 0 spiro atoms. The average molecular weight is 682 g/mol. The van der Waals surface area contributed by atoms with Crippen molar-refractivity contribution in [1.82, 2.24) is 0 Å². The molecule has 0 fully saturated rings. The quantitative estimate of drug-likeness (QED) is 0.181. The van der Waals surface area contributed by atoms with Crippen LogP contribution in [0.4, 0.5) is 17.1 Å². The van der Waals surface area contributed by atoms with Crippen LogP contribution in [0.1, 0.15) is 5.48 Å². The van der Waals surface area contributed by atoms with Crippen molar-refractivity contribution in [3.63, 3.8) is 0 Å². The van der Waals surface area contributed by atoms with Crippen LogP contribution < -0.4 is 4.90 Å². The highest BCUT2D eigenvalue weighted by molar-refractivity contribution is 6.19.